The second-order valence-electron chi connectivity index (χ2n) is 6.52. The van der Waals surface area contributed by atoms with Crippen molar-refractivity contribution >= 4 is 38.9 Å². The third-order valence-corrected chi connectivity index (χ3v) is 7.80. The summed E-state index contributed by atoms with van der Waals surface area (Å²) >= 11 is 6.90. The Morgan fingerprint density at radius 3 is 2.42 bits per heavy atom. The molecule has 0 spiro atoms. The molecule has 1 aliphatic heterocycles. The van der Waals surface area contributed by atoms with E-state index in [0.29, 0.717) is 37.1 Å². The van der Waals surface area contributed by atoms with Crippen molar-refractivity contribution in [2.75, 3.05) is 32.7 Å². The highest BCUT2D eigenvalue weighted by Gasteiger charge is 2.30. The smallest absolute Gasteiger partial charge is 0.252 e. The Hall–Kier alpha value is -0.670. The lowest BCUT2D eigenvalue weighted by Crippen LogP contribution is -2.53. The first-order valence-electron chi connectivity index (χ1n) is 7.93. The molecule has 0 saturated carbocycles. The minimum Gasteiger partial charge on any atom is -0.350 e. The van der Waals surface area contributed by atoms with E-state index in [2.05, 4.69) is 5.32 Å². The summed E-state index contributed by atoms with van der Waals surface area (Å²) in [5, 5.41) is 3.00. The van der Waals surface area contributed by atoms with Gasteiger partial charge in [0.1, 0.15) is 4.21 Å². The van der Waals surface area contributed by atoms with Gasteiger partial charge >= 0.3 is 0 Å². The number of hydrogen-bond donors (Lipinski definition) is 1. The maximum atomic E-state index is 12.5. The average Bonchev–Trinajstić information content (AvgIpc) is 2.94. The van der Waals surface area contributed by atoms with E-state index in [4.69, 9.17) is 11.6 Å². The van der Waals surface area contributed by atoms with Gasteiger partial charge in [0.15, 0.2) is 0 Å². The van der Waals surface area contributed by atoms with Crippen molar-refractivity contribution in [1.82, 2.24) is 14.5 Å². The molecular formula is C15H24ClN3O3S2. The Morgan fingerprint density at radius 2 is 1.92 bits per heavy atom. The number of nitrogens with one attached hydrogen (secondary N) is 1. The van der Waals surface area contributed by atoms with Crippen LogP contribution >= 0.6 is 22.9 Å². The molecule has 2 heterocycles. The van der Waals surface area contributed by atoms with Crippen LogP contribution in [0.3, 0.4) is 0 Å². The monoisotopic (exact) mass is 393 g/mol. The fourth-order valence-corrected chi connectivity index (χ4v) is 5.46. The summed E-state index contributed by atoms with van der Waals surface area (Å²) in [4.78, 5) is 14.1. The van der Waals surface area contributed by atoms with E-state index in [9.17, 15) is 13.2 Å². The third-order valence-electron chi connectivity index (χ3n) is 4.20. The number of piperazine rings is 1. The third kappa shape index (κ3) is 4.92. The molecule has 1 amide bonds. The van der Waals surface area contributed by atoms with Crippen molar-refractivity contribution in [3.63, 3.8) is 0 Å². The lowest BCUT2D eigenvalue weighted by atomic mass is 10.0. The molecule has 9 heteroatoms. The van der Waals surface area contributed by atoms with Crippen molar-refractivity contribution in [1.29, 1.82) is 0 Å². The Balaban J connectivity index is 1.88. The van der Waals surface area contributed by atoms with Gasteiger partial charge in [-0.25, -0.2) is 8.42 Å². The zero-order chi connectivity index (χ0) is 18.0. The maximum absolute atomic E-state index is 12.5. The quantitative estimate of drug-likeness (QED) is 0.802. The van der Waals surface area contributed by atoms with Crippen LogP contribution in [-0.2, 0) is 14.8 Å². The molecule has 0 aliphatic carbocycles. The van der Waals surface area contributed by atoms with E-state index < -0.39 is 10.0 Å². The topological polar surface area (TPSA) is 69.7 Å². The molecule has 24 heavy (non-hydrogen) atoms. The molecule has 1 N–H and O–H groups in total. The fourth-order valence-electron chi connectivity index (χ4n) is 2.40. The number of halogens is 1. The first kappa shape index (κ1) is 19.7. The first-order chi connectivity index (χ1) is 11.1. The molecule has 0 aromatic carbocycles. The lowest BCUT2D eigenvalue weighted by Gasteiger charge is -2.34. The van der Waals surface area contributed by atoms with E-state index in [-0.39, 0.29) is 15.7 Å². The number of nitrogens with zero attached hydrogens (tertiary/aromatic N) is 2. The van der Waals surface area contributed by atoms with E-state index in [1.54, 1.807) is 6.07 Å². The number of amides is 1. The molecule has 0 unspecified atom stereocenters. The average molecular weight is 394 g/mol. The zero-order valence-corrected chi connectivity index (χ0v) is 16.6. The standard InChI is InChI=1S/C15H24ClN3O3S2/c1-4-15(2,3)17-13(20)11-18-7-9-19(10-8-18)24(21,22)14-6-5-12(16)23-14/h5-6H,4,7-11H2,1-3H3,(H,17,20). The van der Waals surface area contributed by atoms with Crippen LogP contribution in [0.1, 0.15) is 27.2 Å². The van der Waals surface area contributed by atoms with Gasteiger partial charge in [-0.05, 0) is 32.4 Å². The minimum absolute atomic E-state index is 0.0248. The van der Waals surface area contributed by atoms with Gasteiger partial charge in [-0.2, -0.15) is 4.31 Å². The molecule has 0 atom stereocenters. The van der Waals surface area contributed by atoms with E-state index in [1.807, 2.05) is 25.7 Å². The molecule has 6 nitrogen and oxygen atoms in total. The molecule has 136 valence electrons. The molecular weight excluding hydrogens is 370 g/mol. The van der Waals surface area contributed by atoms with Gasteiger partial charge in [-0.3, -0.25) is 9.69 Å². The van der Waals surface area contributed by atoms with Gasteiger partial charge in [-0.1, -0.05) is 18.5 Å². The van der Waals surface area contributed by atoms with Gasteiger partial charge in [-0.15, -0.1) is 11.3 Å². The number of carbonyl (C=O) groups excluding carboxylic acids is 1. The second-order valence-corrected chi connectivity index (χ2v) is 10.4. The molecule has 1 saturated heterocycles. The Morgan fingerprint density at radius 1 is 1.29 bits per heavy atom. The highest BCUT2D eigenvalue weighted by Crippen LogP contribution is 2.28. The number of carbonyl (C=O) groups is 1. The Labute approximate surface area is 152 Å². The van der Waals surface area contributed by atoms with E-state index in [1.165, 1.54) is 10.4 Å². The highest BCUT2D eigenvalue weighted by molar-refractivity contribution is 7.91. The summed E-state index contributed by atoms with van der Waals surface area (Å²) in [6.07, 6.45) is 0.855. The van der Waals surface area contributed by atoms with Crippen molar-refractivity contribution in [3.05, 3.63) is 16.5 Å². The summed E-state index contributed by atoms with van der Waals surface area (Å²) < 4.78 is 27.3. The van der Waals surface area contributed by atoms with Crippen molar-refractivity contribution in [2.24, 2.45) is 0 Å². The van der Waals surface area contributed by atoms with E-state index >= 15 is 0 Å². The largest absolute Gasteiger partial charge is 0.350 e. The van der Waals surface area contributed by atoms with Crippen LogP contribution < -0.4 is 5.32 Å². The normalized spacial score (nSPS) is 17.8. The number of sulfonamides is 1. The second kappa shape index (κ2) is 7.70. The fraction of sp³-hybridized carbons (Fsp3) is 0.667. The van der Waals surface area contributed by atoms with Gasteiger partial charge in [0.25, 0.3) is 10.0 Å². The van der Waals surface area contributed by atoms with Crippen LogP contribution in [-0.4, -0.2) is 61.8 Å². The van der Waals surface area contributed by atoms with Crippen LogP contribution in [0.5, 0.6) is 0 Å². The molecule has 0 radical (unpaired) electrons. The minimum atomic E-state index is -3.49. The predicted molar refractivity (Wildman–Crippen MR) is 97.0 cm³/mol. The Kier molecular flexibility index (Phi) is 6.30. The summed E-state index contributed by atoms with van der Waals surface area (Å²) in [5.41, 5.74) is -0.222. The lowest BCUT2D eigenvalue weighted by molar-refractivity contribution is -0.124. The molecule has 1 aromatic rings. The van der Waals surface area contributed by atoms with Gasteiger partial charge in [0.05, 0.1) is 10.9 Å². The van der Waals surface area contributed by atoms with Gasteiger partial charge < -0.3 is 5.32 Å². The molecule has 1 aromatic heterocycles. The summed E-state index contributed by atoms with van der Waals surface area (Å²) in [7, 11) is -3.49. The molecule has 0 bridgehead atoms. The van der Waals surface area contributed by atoms with Crippen LogP contribution in [0, 0.1) is 0 Å². The summed E-state index contributed by atoms with van der Waals surface area (Å²) in [5.74, 6) is -0.0248. The van der Waals surface area contributed by atoms with E-state index in [0.717, 1.165) is 17.8 Å². The predicted octanol–water partition coefficient (Wildman–Crippen LogP) is 2.01. The maximum Gasteiger partial charge on any atom is 0.252 e. The summed E-state index contributed by atoms with van der Waals surface area (Å²) in [6.45, 7) is 8.13. The molecule has 1 aliphatic rings. The number of thiophene rings is 1. The van der Waals surface area contributed by atoms with Crippen LogP contribution in [0.15, 0.2) is 16.3 Å². The highest BCUT2D eigenvalue weighted by atomic mass is 35.5. The number of hydrogen-bond acceptors (Lipinski definition) is 5. The van der Waals surface area contributed by atoms with Crippen LogP contribution in [0.25, 0.3) is 0 Å². The van der Waals surface area contributed by atoms with Crippen molar-refractivity contribution in [3.8, 4) is 0 Å². The van der Waals surface area contributed by atoms with Gasteiger partial charge in [0, 0.05) is 31.7 Å². The summed E-state index contributed by atoms with van der Waals surface area (Å²) in [6, 6.07) is 3.13. The van der Waals surface area contributed by atoms with Crippen LogP contribution in [0.2, 0.25) is 4.34 Å². The number of rotatable bonds is 6. The van der Waals surface area contributed by atoms with Gasteiger partial charge in [0.2, 0.25) is 5.91 Å². The zero-order valence-electron chi connectivity index (χ0n) is 14.2. The first-order valence-corrected chi connectivity index (χ1v) is 10.6. The SMILES string of the molecule is CCC(C)(C)NC(=O)CN1CCN(S(=O)(=O)c2ccc(Cl)s2)CC1. The molecule has 1 fully saturated rings. The van der Waals surface area contributed by atoms with Crippen molar-refractivity contribution in [2.45, 2.75) is 36.9 Å². The Bertz CT molecular complexity index is 680. The van der Waals surface area contributed by atoms with Crippen LogP contribution in [0.4, 0.5) is 0 Å². The van der Waals surface area contributed by atoms with Crippen molar-refractivity contribution < 1.29 is 13.2 Å². The molecule has 2 rings (SSSR count).